The molecule has 4 heteroatoms. The van der Waals surface area contributed by atoms with Crippen molar-refractivity contribution in [1.82, 2.24) is 20.1 Å². The van der Waals surface area contributed by atoms with E-state index in [9.17, 15) is 0 Å². The SMILES string of the molecule is CCC(CC)(CC)NCc1nncn1C. The Kier molecular flexibility index (Phi) is 4.27. The van der Waals surface area contributed by atoms with Gasteiger partial charge in [-0.2, -0.15) is 0 Å². The molecule has 0 atom stereocenters. The molecule has 0 fully saturated rings. The predicted octanol–water partition coefficient (Wildman–Crippen LogP) is 1.87. The lowest BCUT2D eigenvalue weighted by molar-refractivity contribution is 0.284. The minimum absolute atomic E-state index is 0.256. The summed E-state index contributed by atoms with van der Waals surface area (Å²) in [5, 5.41) is 11.5. The van der Waals surface area contributed by atoms with Crippen molar-refractivity contribution in [3.05, 3.63) is 12.2 Å². The molecule has 1 N–H and O–H groups in total. The zero-order valence-electron chi connectivity index (χ0n) is 10.2. The first-order valence-electron chi connectivity index (χ1n) is 5.75. The Morgan fingerprint density at radius 3 is 2.27 bits per heavy atom. The van der Waals surface area contributed by atoms with Gasteiger partial charge in [-0.1, -0.05) is 20.8 Å². The molecular formula is C11H22N4. The number of rotatable bonds is 6. The molecule has 0 aliphatic rings. The fourth-order valence-electron chi connectivity index (χ4n) is 1.86. The second-order valence-corrected chi connectivity index (χ2v) is 4.05. The van der Waals surface area contributed by atoms with E-state index in [1.54, 1.807) is 6.33 Å². The third-order valence-corrected chi connectivity index (χ3v) is 3.46. The van der Waals surface area contributed by atoms with E-state index in [1.807, 2.05) is 11.6 Å². The van der Waals surface area contributed by atoms with Gasteiger partial charge in [0.2, 0.25) is 0 Å². The number of nitrogens with zero attached hydrogens (tertiary/aromatic N) is 3. The van der Waals surface area contributed by atoms with Gasteiger partial charge in [0.05, 0.1) is 6.54 Å². The standard InChI is InChI=1S/C11H22N4/c1-5-11(6-2,7-3)12-8-10-14-13-9-15(10)4/h9,12H,5-8H2,1-4H3. The molecule has 0 spiro atoms. The van der Waals surface area contributed by atoms with Crippen LogP contribution in [0.15, 0.2) is 6.33 Å². The average Bonchev–Trinajstić information content (AvgIpc) is 2.67. The van der Waals surface area contributed by atoms with Gasteiger partial charge < -0.3 is 9.88 Å². The molecule has 0 amide bonds. The summed E-state index contributed by atoms with van der Waals surface area (Å²) < 4.78 is 1.96. The Morgan fingerprint density at radius 1 is 1.27 bits per heavy atom. The second-order valence-electron chi connectivity index (χ2n) is 4.05. The summed E-state index contributed by atoms with van der Waals surface area (Å²) in [6, 6.07) is 0. The molecule has 0 aliphatic heterocycles. The van der Waals surface area contributed by atoms with E-state index in [-0.39, 0.29) is 5.54 Å². The van der Waals surface area contributed by atoms with Crippen molar-refractivity contribution in [2.45, 2.75) is 52.1 Å². The van der Waals surface area contributed by atoms with Gasteiger partial charge in [0.1, 0.15) is 12.2 Å². The molecule has 0 aromatic carbocycles. The second kappa shape index (κ2) is 5.26. The summed E-state index contributed by atoms with van der Waals surface area (Å²) >= 11 is 0. The van der Waals surface area contributed by atoms with E-state index in [0.29, 0.717) is 0 Å². The normalized spacial score (nSPS) is 12.0. The summed E-state index contributed by atoms with van der Waals surface area (Å²) in [6.45, 7) is 7.50. The van der Waals surface area contributed by atoms with Crippen LogP contribution in [0.2, 0.25) is 0 Å². The Morgan fingerprint density at radius 2 is 1.87 bits per heavy atom. The van der Waals surface area contributed by atoms with Crippen molar-refractivity contribution < 1.29 is 0 Å². The molecule has 15 heavy (non-hydrogen) atoms. The van der Waals surface area contributed by atoms with Gasteiger partial charge >= 0.3 is 0 Å². The molecule has 4 nitrogen and oxygen atoms in total. The molecular weight excluding hydrogens is 188 g/mol. The molecule has 86 valence electrons. The van der Waals surface area contributed by atoms with Crippen LogP contribution in [-0.4, -0.2) is 20.3 Å². The smallest absolute Gasteiger partial charge is 0.146 e. The fourth-order valence-corrected chi connectivity index (χ4v) is 1.86. The zero-order valence-corrected chi connectivity index (χ0v) is 10.2. The number of aromatic nitrogens is 3. The summed E-state index contributed by atoms with van der Waals surface area (Å²) in [6.07, 6.45) is 5.19. The zero-order chi connectivity index (χ0) is 11.3. The van der Waals surface area contributed by atoms with Crippen molar-refractivity contribution in [2.75, 3.05) is 0 Å². The van der Waals surface area contributed by atoms with E-state index in [2.05, 4.69) is 36.3 Å². The van der Waals surface area contributed by atoms with Gasteiger partial charge in [0.15, 0.2) is 0 Å². The van der Waals surface area contributed by atoms with Crippen LogP contribution in [0.1, 0.15) is 45.9 Å². The summed E-state index contributed by atoms with van der Waals surface area (Å²) in [5.74, 6) is 0.995. The highest BCUT2D eigenvalue weighted by molar-refractivity contribution is 4.89. The number of hydrogen-bond donors (Lipinski definition) is 1. The van der Waals surface area contributed by atoms with Crippen LogP contribution < -0.4 is 5.32 Å². The monoisotopic (exact) mass is 210 g/mol. The molecule has 0 aliphatic carbocycles. The first-order valence-corrected chi connectivity index (χ1v) is 5.75. The molecule has 0 saturated carbocycles. The third kappa shape index (κ3) is 2.78. The Labute approximate surface area is 92.1 Å². The number of aryl methyl sites for hydroxylation is 1. The Bertz CT molecular complexity index is 280. The maximum absolute atomic E-state index is 4.07. The van der Waals surface area contributed by atoms with Crippen LogP contribution in [0.4, 0.5) is 0 Å². The van der Waals surface area contributed by atoms with E-state index >= 15 is 0 Å². The summed E-state index contributed by atoms with van der Waals surface area (Å²) in [7, 11) is 1.97. The number of hydrogen-bond acceptors (Lipinski definition) is 3. The first-order chi connectivity index (χ1) is 7.17. The summed E-state index contributed by atoms with van der Waals surface area (Å²) in [4.78, 5) is 0. The van der Waals surface area contributed by atoms with Crippen molar-refractivity contribution in [1.29, 1.82) is 0 Å². The lowest BCUT2D eigenvalue weighted by Gasteiger charge is -2.31. The molecule has 0 bridgehead atoms. The van der Waals surface area contributed by atoms with Crippen LogP contribution in [0.25, 0.3) is 0 Å². The molecule has 1 rings (SSSR count). The Hall–Kier alpha value is -0.900. The van der Waals surface area contributed by atoms with Crippen molar-refractivity contribution in [3.8, 4) is 0 Å². The Balaban J connectivity index is 2.58. The molecule has 0 unspecified atom stereocenters. The molecule has 0 radical (unpaired) electrons. The maximum Gasteiger partial charge on any atom is 0.146 e. The van der Waals surface area contributed by atoms with E-state index in [1.165, 1.54) is 0 Å². The van der Waals surface area contributed by atoms with Gasteiger partial charge in [-0.25, -0.2) is 0 Å². The van der Waals surface area contributed by atoms with Crippen LogP contribution in [0.5, 0.6) is 0 Å². The maximum atomic E-state index is 4.07. The van der Waals surface area contributed by atoms with Crippen LogP contribution in [0, 0.1) is 0 Å². The third-order valence-electron chi connectivity index (χ3n) is 3.46. The van der Waals surface area contributed by atoms with Crippen LogP contribution in [0.3, 0.4) is 0 Å². The first kappa shape index (κ1) is 12.2. The topological polar surface area (TPSA) is 42.7 Å². The van der Waals surface area contributed by atoms with E-state index in [4.69, 9.17) is 0 Å². The predicted molar refractivity (Wildman–Crippen MR) is 61.4 cm³/mol. The highest BCUT2D eigenvalue weighted by Gasteiger charge is 2.23. The van der Waals surface area contributed by atoms with Crippen molar-refractivity contribution in [2.24, 2.45) is 7.05 Å². The van der Waals surface area contributed by atoms with E-state index in [0.717, 1.165) is 31.6 Å². The minimum Gasteiger partial charge on any atom is -0.320 e. The van der Waals surface area contributed by atoms with Gasteiger partial charge in [-0.05, 0) is 19.3 Å². The van der Waals surface area contributed by atoms with Crippen LogP contribution >= 0.6 is 0 Å². The molecule has 1 aromatic heterocycles. The summed E-state index contributed by atoms with van der Waals surface area (Å²) in [5.41, 5.74) is 0.256. The van der Waals surface area contributed by atoms with Gasteiger partial charge in [0.25, 0.3) is 0 Å². The number of nitrogens with one attached hydrogen (secondary N) is 1. The molecule has 1 aromatic rings. The minimum atomic E-state index is 0.256. The van der Waals surface area contributed by atoms with Crippen molar-refractivity contribution >= 4 is 0 Å². The van der Waals surface area contributed by atoms with E-state index < -0.39 is 0 Å². The lowest BCUT2D eigenvalue weighted by atomic mass is 9.90. The molecule has 1 heterocycles. The highest BCUT2D eigenvalue weighted by atomic mass is 15.3. The average molecular weight is 210 g/mol. The quantitative estimate of drug-likeness (QED) is 0.779. The van der Waals surface area contributed by atoms with Crippen LogP contribution in [-0.2, 0) is 13.6 Å². The highest BCUT2D eigenvalue weighted by Crippen LogP contribution is 2.19. The lowest BCUT2D eigenvalue weighted by Crippen LogP contribution is -2.43. The molecule has 0 saturated heterocycles. The van der Waals surface area contributed by atoms with Gasteiger partial charge in [-0.15, -0.1) is 10.2 Å². The van der Waals surface area contributed by atoms with Gasteiger partial charge in [-0.3, -0.25) is 0 Å². The largest absolute Gasteiger partial charge is 0.320 e. The fraction of sp³-hybridized carbons (Fsp3) is 0.818. The van der Waals surface area contributed by atoms with Gasteiger partial charge in [0, 0.05) is 12.6 Å². The van der Waals surface area contributed by atoms with Crippen molar-refractivity contribution in [3.63, 3.8) is 0 Å².